The first-order chi connectivity index (χ1) is 9.09. The van der Waals surface area contributed by atoms with E-state index in [0.717, 1.165) is 0 Å². The number of methoxy groups -OCH3 is 1. The first-order valence-corrected chi connectivity index (χ1v) is 8.75. The first-order valence-electron chi connectivity index (χ1n) is 6.29. The minimum absolute atomic E-state index is 0.137. The van der Waals surface area contributed by atoms with Crippen LogP contribution in [0.2, 0.25) is 0 Å². The fourth-order valence-corrected chi connectivity index (χ4v) is 3.82. The lowest BCUT2D eigenvalue weighted by Gasteiger charge is -2.27. The van der Waals surface area contributed by atoms with Crippen molar-refractivity contribution in [1.82, 2.24) is 0 Å². The maximum Gasteiger partial charge on any atom is 0.191 e. The monoisotopic (exact) mass is 364 g/mol. The third kappa shape index (κ3) is 4.20. The van der Waals surface area contributed by atoms with Gasteiger partial charge in [-0.2, -0.15) is 0 Å². The lowest BCUT2D eigenvalue weighted by atomic mass is 9.88. The molecule has 0 saturated heterocycles. The highest BCUT2D eigenvalue weighted by atomic mass is 79.9. The molecular weight excluding hydrogens is 344 g/mol. The van der Waals surface area contributed by atoms with Crippen LogP contribution in [0.25, 0.3) is 0 Å². The van der Waals surface area contributed by atoms with Crippen LogP contribution in [0.5, 0.6) is 5.75 Å². The highest BCUT2D eigenvalue weighted by Gasteiger charge is 2.31. The quantitative estimate of drug-likeness (QED) is 0.815. The summed E-state index contributed by atoms with van der Waals surface area (Å²) in [5.41, 5.74) is -0.360. The van der Waals surface area contributed by atoms with E-state index in [1.165, 1.54) is 19.2 Å². The summed E-state index contributed by atoms with van der Waals surface area (Å²) in [6.45, 7) is 5.62. The molecule has 1 rings (SSSR count). The molecule has 0 aliphatic carbocycles. The molecule has 1 aromatic rings. The van der Waals surface area contributed by atoms with Crippen LogP contribution in [0, 0.1) is 5.41 Å². The number of sulfone groups is 1. The molecule has 1 aromatic carbocycles. The highest BCUT2D eigenvalue weighted by molar-refractivity contribution is 9.11. The molecule has 0 unspecified atom stereocenters. The van der Waals surface area contributed by atoms with E-state index in [4.69, 9.17) is 4.74 Å². The SMILES string of the molecule is COc1ccc(S(=O)(=O)[C@@H](Br)C[C@H](O)C(C)(C)C)cc1. The zero-order valence-electron chi connectivity index (χ0n) is 12.1. The Morgan fingerprint density at radius 3 is 2.15 bits per heavy atom. The smallest absolute Gasteiger partial charge is 0.191 e. The summed E-state index contributed by atoms with van der Waals surface area (Å²) in [6, 6.07) is 6.22. The molecule has 0 radical (unpaired) electrons. The van der Waals surface area contributed by atoms with Gasteiger partial charge in [0.1, 0.15) is 9.91 Å². The van der Waals surface area contributed by atoms with E-state index in [2.05, 4.69) is 15.9 Å². The fourth-order valence-electron chi connectivity index (χ4n) is 1.57. The van der Waals surface area contributed by atoms with Crippen LogP contribution in [0.15, 0.2) is 29.2 Å². The van der Waals surface area contributed by atoms with Gasteiger partial charge in [0.05, 0.1) is 18.1 Å². The summed E-state index contributed by atoms with van der Waals surface area (Å²) in [5.74, 6) is 0.602. The molecule has 2 atom stereocenters. The minimum atomic E-state index is -3.52. The average molecular weight is 365 g/mol. The van der Waals surface area contributed by atoms with E-state index in [1.54, 1.807) is 12.1 Å². The summed E-state index contributed by atoms with van der Waals surface area (Å²) >= 11 is 3.19. The Morgan fingerprint density at radius 2 is 1.75 bits per heavy atom. The van der Waals surface area contributed by atoms with Gasteiger partial charge >= 0.3 is 0 Å². The van der Waals surface area contributed by atoms with E-state index in [0.29, 0.717) is 5.75 Å². The highest BCUT2D eigenvalue weighted by Crippen LogP contribution is 2.30. The molecule has 0 spiro atoms. The van der Waals surface area contributed by atoms with Crippen LogP contribution in [-0.4, -0.2) is 30.9 Å². The lowest BCUT2D eigenvalue weighted by Crippen LogP contribution is -2.31. The standard InChI is InChI=1S/C14H21BrO4S/c1-14(2,3)12(16)9-13(15)20(17,18)11-7-5-10(19-4)6-8-11/h5-8,12-13,16H,9H2,1-4H3/t12-,13+/m0/s1. The molecule has 0 bridgehead atoms. The number of halogens is 1. The van der Waals surface area contributed by atoms with Gasteiger partial charge in [-0.1, -0.05) is 36.7 Å². The molecule has 1 N–H and O–H groups in total. The van der Waals surface area contributed by atoms with Crippen molar-refractivity contribution in [2.24, 2.45) is 5.41 Å². The maximum atomic E-state index is 12.4. The van der Waals surface area contributed by atoms with Gasteiger partial charge in [0, 0.05) is 6.42 Å². The fraction of sp³-hybridized carbons (Fsp3) is 0.571. The summed E-state index contributed by atoms with van der Waals surface area (Å²) in [6.07, 6.45) is -0.572. The predicted octanol–water partition coefficient (Wildman–Crippen LogP) is 2.99. The summed E-state index contributed by atoms with van der Waals surface area (Å²) in [7, 11) is -1.99. The first kappa shape index (κ1) is 17.5. The molecule has 0 aliphatic rings. The van der Waals surface area contributed by atoms with Crippen molar-refractivity contribution < 1.29 is 18.3 Å². The zero-order chi connectivity index (χ0) is 15.6. The zero-order valence-corrected chi connectivity index (χ0v) is 14.5. The molecule has 4 nitrogen and oxygen atoms in total. The molecule has 0 aromatic heterocycles. The Hall–Kier alpha value is -0.590. The number of ether oxygens (including phenoxy) is 1. The third-order valence-corrected chi connectivity index (χ3v) is 6.78. The van der Waals surface area contributed by atoms with Crippen LogP contribution in [0.3, 0.4) is 0 Å². The molecule has 0 heterocycles. The van der Waals surface area contributed by atoms with Gasteiger partial charge in [0.2, 0.25) is 0 Å². The number of rotatable bonds is 5. The van der Waals surface area contributed by atoms with Crippen LogP contribution in [0.1, 0.15) is 27.2 Å². The Balaban J connectivity index is 2.92. The van der Waals surface area contributed by atoms with E-state index < -0.39 is 20.1 Å². The van der Waals surface area contributed by atoms with Crippen LogP contribution in [0.4, 0.5) is 0 Å². The molecular formula is C14H21BrO4S. The Labute approximate surface area is 129 Å². The second kappa shape index (κ2) is 6.45. The summed E-state index contributed by atoms with van der Waals surface area (Å²) < 4.78 is 29.0. The van der Waals surface area contributed by atoms with Crippen molar-refractivity contribution in [3.05, 3.63) is 24.3 Å². The number of alkyl halides is 1. The second-order valence-corrected chi connectivity index (χ2v) is 9.59. The second-order valence-electron chi connectivity index (χ2n) is 5.75. The lowest BCUT2D eigenvalue weighted by molar-refractivity contribution is 0.0593. The van der Waals surface area contributed by atoms with Crippen molar-refractivity contribution >= 4 is 25.8 Å². The third-order valence-electron chi connectivity index (χ3n) is 3.13. The summed E-state index contributed by atoms with van der Waals surface area (Å²) in [5, 5.41) is 10.0. The van der Waals surface area contributed by atoms with Gasteiger partial charge in [0.25, 0.3) is 0 Å². The van der Waals surface area contributed by atoms with Gasteiger partial charge in [-0.3, -0.25) is 0 Å². The van der Waals surface area contributed by atoms with Crippen molar-refractivity contribution in [3.63, 3.8) is 0 Å². The van der Waals surface area contributed by atoms with Crippen LogP contribution in [-0.2, 0) is 9.84 Å². The minimum Gasteiger partial charge on any atom is -0.497 e. The van der Waals surface area contributed by atoms with Gasteiger partial charge < -0.3 is 9.84 Å². The Morgan fingerprint density at radius 1 is 1.25 bits per heavy atom. The van der Waals surface area contributed by atoms with E-state index in [9.17, 15) is 13.5 Å². The van der Waals surface area contributed by atoms with Gasteiger partial charge in [-0.05, 0) is 29.7 Å². The molecule has 0 saturated carbocycles. The molecule has 20 heavy (non-hydrogen) atoms. The number of aliphatic hydroxyl groups is 1. The number of hydrogen-bond acceptors (Lipinski definition) is 4. The van der Waals surface area contributed by atoms with E-state index in [-0.39, 0.29) is 16.7 Å². The predicted molar refractivity (Wildman–Crippen MR) is 83.0 cm³/mol. The van der Waals surface area contributed by atoms with Crippen molar-refractivity contribution in [3.8, 4) is 5.75 Å². The normalized spacial score (nSPS) is 15.7. The van der Waals surface area contributed by atoms with Gasteiger partial charge in [-0.25, -0.2) is 8.42 Å². The number of benzene rings is 1. The molecule has 0 amide bonds. The van der Waals surface area contributed by atoms with Gasteiger partial charge in [0.15, 0.2) is 9.84 Å². The van der Waals surface area contributed by atoms with E-state index >= 15 is 0 Å². The Kier molecular flexibility index (Phi) is 5.63. The summed E-state index contributed by atoms with van der Waals surface area (Å²) in [4.78, 5) is 0.210. The molecule has 0 fully saturated rings. The molecule has 6 heteroatoms. The van der Waals surface area contributed by atoms with Crippen molar-refractivity contribution in [2.45, 2.75) is 42.4 Å². The largest absolute Gasteiger partial charge is 0.497 e. The molecule has 114 valence electrons. The topological polar surface area (TPSA) is 63.6 Å². The molecule has 0 aliphatic heterocycles. The van der Waals surface area contributed by atoms with Crippen molar-refractivity contribution in [1.29, 1.82) is 0 Å². The van der Waals surface area contributed by atoms with Crippen molar-refractivity contribution in [2.75, 3.05) is 7.11 Å². The number of aliphatic hydroxyl groups excluding tert-OH is 1. The maximum absolute atomic E-state index is 12.4. The van der Waals surface area contributed by atoms with Crippen LogP contribution >= 0.6 is 15.9 Å². The van der Waals surface area contributed by atoms with E-state index in [1.807, 2.05) is 20.8 Å². The van der Waals surface area contributed by atoms with Gasteiger partial charge in [-0.15, -0.1) is 0 Å². The van der Waals surface area contributed by atoms with Crippen LogP contribution < -0.4 is 4.74 Å². The average Bonchev–Trinajstić information content (AvgIpc) is 2.37. The Bertz CT molecular complexity index is 531. The number of hydrogen-bond donors (Lipinski definition) is 1.